The second-order valence-electron chi connectivity index (χ2n) is 5.28. The van der Waals surface area contributed by atoms with Gasteiger partial charge in [0, 0.05) is 22.6 Å². The smallest absolute Gasteiger partial charge is 0.322 e. The van der Waals surface area contributed by atoms with Gasteiger partial charge in [-0.1, -0.05) is 37.3 Å². The molecule has 0 aliphatic rings. The zero-order valence-corrected chi connectivity index (χ0v) is 13.8. The number of carbonyl (C=O) groups excluding carboxylic acids is 2. The maximum Gasteiger partial charge on any atom is 0.323 e. The van der Waals surface area contributed by atoms with Crippen LogP contribution in [0.15, 0.2) is 66.2 Å². The minimum absolute atomic E-state index is 0.150. The van der Waals surface area contributed by atoms with Crippen molar-refractivity contribution in [1.29, 1.82) is 0 Å². The highest BCUT2D eigenvalue weighted by Crippen LogP contribution is 2.16. The third-order valence-electron chi connectivity index (χ3n) is 3.28. The van der Waals surface area contributed by atoms with Crippen LogP contribution in [0.4, 0.5) is 21.9 Å². The molecule has 5 heteroatoms. The maximum atomic E-state index is 12.0. The number of anilines is 3. The van der Waals surface area contributed by atoms with Crippen molar-refractivity contribution in [1.82, 2.24) is 0 Å². The summed E-state index contributed by atoms with van der Waals surface area (Å²) in [7, 11) is 0. The molecule has 0 heterocycles. The molecule has 0 aliphatic carbocycles. The van der Waals surface area contributed by atoms with E-state index in [1.54, 1.807) is 43.3 Å². The molecule has 0 unspecified atom stereocenters. The summed E-state index contributed by atoms with van der Waals surface area (Å²) in [5, 5.41) is 8.29. The SMILES string of the molecule is CC/C=C(\C)C(=O)Nc1cccc(NC(=O)Nc2ccccc2)c1. The highest BCUT2D eigenvalue weighted by molar-refractivity contribution is 6.04. The number of nitrogens with one attached hydrogen (secondary N) is 3. The molecule has 24 heavy (non-hydrogen) atoms. The first-order valence-electron chi connectivity index (χ1n) is 7.79. The summed E-state index contributed by atoms with van der Waals surface area (Å²) < 4.78 is 0. The minimum Gasteiger partial charge on any atom is -0.322 e. The van der Waals surface area contributed by atoms with E-state index in [4.69, 9.17) is 0 Å². The van der Waals surface area contributed by atoms with E-state index in [2.05, 4.69) is 16.0 Å². The van der Waals surface area contributed by atoms with Crippen LogP contribution in [0.25, 0.3) is 0 Å². The van der Waals surface area contributed by atoms with Crippen LogP contribution >= 0.6 is 0 Å². The fourth-order valence-electron chi connectivity index (χ4n) is 2.12. The summed E-state index contributed by atoms with van der Waals surface area (Å²) >= 11 is 0. The van der Waals surface area contributed by atoms with Crippen molar-refractivity contribution in [3.63, 3.8) is 0 Å². The summed E-state index contributed by atoms with van der Waals surface area (Å²) in [6.07, 6.45) is 2.67. The van der Waals surface area contributed by atoms with Gasteiger partial charge < -0.3 is 16.0 Å². The highest BCUT2D eigenvalue weighted by Gasteiger charge is 2.06. The first-order valence-corrected chi connectivity index (χ1v) is 7.79. The molecule has 2 rings (SSSR count). The Balaban J connectivity index is 1.98. The molecule has 3 amide bonds. The molecule has 124 valence electrons. The first-order chi connectivity index (χ1) is 11.6. The van der Waals surface area contributed by atoms with Crippen LogP contribution in [0.1, 0.15) is 20.3 Å². The fourth-order valence-corrected chi connectivity index (χ4v) is 2.12. The van der Waals surface area contributed by atoms with E-state index < -0.39 is 0 Å². The molecule has 0 aliphatic heterocycles. The second kappa shape index (κ2) is 8.53. The summed E-state index contributed by atoms with van der Waals surface area (Å²) in [5.74, 6) is -0.150. The van der Waals surface area contributed by atoms with Crippen LogP contribution in [0.5, 0.6) is 0 Å². The molecule has 0 saturated carbocycles. The van der Waals surface area contributed by atoms with Gasteiger partial charge in [-0.25, -0.2) is 4.79 Å². The third-order valence-corrected chi connectivity index (χ3v) is 3.28. The average Bonchev–Trinajstić information content (AvgIpc) is 2.56. The molecular weight excluding hydrogens is 302 g/mol. The predicted octanol–water partition coefficient (Wildman–Crippen LogP) is 4.63. The monoisotopic (exact) mass is 323 g/mol. The van der Waals surface area contributed by atoms with E-state index in [0.717, 1.165) is 6.42 Å². The van der Waals surface area contributed by atoms with E-state index in [-0.39, 0.29) is 11.9 Å². The number of allylic oxidation sites excluding steroid dienone is 1. The Morgan fingerprint density at radius 2 is 1.46 bits per heavy atom. The van der Waals surface area contributed by atoms with Crippen molar-refractivity contribution in [2.75, 3.05) is 16.0 Å². The van der Waals surface area contributed by atoms with Crippen molar-refractivity contribution in [2.24, 2.45) is 0 Å². The largest absolute Gasteiger partial charge is 0.323 e. The van der Waals surface area contributed by atoms with Crippen LogP contribution in [-0.4, -0.2) is 11.9 Å². The average molecular weight is 323 g/mol. The Labute approximate surface area is 141 Å². The van der Waals surface area contributed by atoms with E-state index in [1.807, 2.05) is 31.2 Å². The quantitative estimate of drug-likeness (QED) is 0.702. The van der Waals surface area contributed by atoms with Gasteiger partial charge in [-0.15, -0.1) is 0 Å². The van der Waals surface area contributed by atoms with Gasteiger partial charge in [0.05, 0.1) is 0 Å². The molecule has 5 nitrogen and oxygen atoms in total. The standard InChI is InChI=1S/C19H21N3O2/c1-3-8-14(2)18(23)20-16-11-7-12-17(13-16)22-19(24)21-15-9-5-4-6-10-15/h4-13H,3H2,1-2H3,(H,20,23)(H2,21,22,24)/b14-8+. The van der Waals surface area contributed by atoms with E-state index >= 15 is 0 Å². The van der Waals surface area contributed by atoms with Gasteiger partial charge in [-0.2, -0.15) is 0 Å². The molecule has 0 fully saturated rings. The van der Waals surface area contributed by atoms with Gasteiger partial charge in [0.2, 0.25) is 0 Å². The van der Waals surface area contributed by atoms with Crippen molar-refractivity contribution in [3.05, 3.63) is 66.2 Å². The third kappa shape index (κ3) is 5.28. The molecule has 0 spiro atoms. The molecule has 0 atom stereocenters. The lowest BCUT2D eigenvalue weighted by molar-refractivity contribution is -0.112. The number of urea groups is 1. The maximum absolute atomic E-state index is 12.0. The van der Waals surface area contributed by atoms with Gasteiger partial charge in [-0.05, 0) is 43.7 Å². The Morgan fingerprint density at radius 1 is 0.875 bits per heavy atom. The molecule has 3 N–H and O–H groups in total. The number of amides is 3. The summed E-state index contributed by atoms with van der Waals surface area (Å²) in [5.41, 5.74) is 2.59. The van der Waals surface area contributed by atoms with Crippen LogP contribution in [0, 0.1) is 0 Å². The van der Waals surface area contributed by atoms with E-state index in [9.17, 15) is 9.59 Å². The lowest BCUT2D eigenvalue weighted by Crippen LogP contribution is -2.19. The topological polar surface area (TPSA) is 70.2 Å². The zero-order chi connectivity index (χ0) is 17.4. The fraction of sp³-hybridized carbons (Fsp3) is 0.158. The number of hydrogen-bond donors (Lipinski definition) is 3. The molecule has 0 bridgehead atoms. The Bertz CT molecular complexity index is 739. The Morgan fingerprint density at radius 3 is 2.12 bits per heavy atom. The van der Waals surface area contributed by atoms with Gasteiger partial charge >= 0.3 is 6.03 Å². The van der Waals surface area contributed by atoms with E-state index in [0.29, 0.717) is 22.6 Å². The van der Waals surface area contributed by atoms with Gasteiger partial charge in [0.1, 0.15) is 0 Å². The predicted molar refractivity (Wildman–Crippen MR) is 98.2 cm³/mol. The second-order valence-corrected chi connectivity index (χ2v) is 5.28. The molecule has 0 aromatic heterocycles. The summed E-state index contributed by atoms with van der Waals surface area (Å²) in [4.78, 5) is 24.0. The van der Waals surface area contributed by atoms with Gasteiger partial charge in [0.15, 0.2) is 0 Å². The summed E-state index contributed by atoms with van der Waals surface area (Å²) in [6.45, 7) is 3.75. The Kier molecular flexibility index (Phi) is 6.14. The lowest BCUT2D eigenvalue weighted by atomic mass is 10.2. The molecule has 2 aromatic carbocycles. The molecule has 0 radical (unpaired) electrons. The van der Waals surface area contributed by atoms with E-state index in [1.165, 1.54) is 0 Å². The lowest BCUT2D eigenvalue weighted by Gasteiger charge is -2.10. The normalized spacial score (nSPS) is 10.8. The molecule has 2 aromatic rings. The molecular formula is C19H21N3O2. The van der Waals surface area contributed by atoms with Gasteiger partial charge in [-0.3, -0.25) is 4.79 Å². The Hall–Kier alpha value is -3.08. The highest BCUT2D eigenvalue weighted by atomic mass is 16.2. The van der Waals surface area contributed by atoms with Crippen LogP contribution < -0.4 is 16.0 Å². The van der Waals surface area contributed by atoms with Crippen molar-refractivity contribution >= 4 is 29.0 Å². The first kappa shape index (κ1) is 17.3. The van der Waals surface area contributed by atoms with Crippen LogP contribution in [0.2, 0.25) is 0 Å². The zero-order valence-electron chi connectivity index (χ0n) is 13.8. The van der Waals surface area contributed by atoms with Crippen molar-refractivity contribution in [3.8, 4) is 0 Å². The van der Waals surface area contributed by atoms with Crippen LogP contribution in [0.3, 0.4) is 0 Å². The van der Waals surface area contributed by atoms with Crippen molar-refractivity contribution in [2.45, 2.75) is 20.3 Å². The minimum atomic E-state index is -0.341. The number of benzene rings is 2. The number of para-hydroxylation sites is 1. The van der Waals surface area contributed by atoms with Crippen LogP contribution in [-0.2, 0) is 4.79 Å². The van der Waals surface area contributed by atoms with Gasteiger partial charge in [0.25, 0.3) is 5.91 Å². The number of rotatable bonds is 5. The van der Waals surface area contributed by atoms with Crippen molar-refractivity contribution < 1.29 is 9.59 Å². The molecule has 0 saturated heterocycles. The summed E-state index contributed by atoms with van der Waals surface area (Å²) in [6, 6.07) is 15.9. The number of hydrogen-bond acceptors (Lipinski definition) is 2. The number of carbonyl (C=O) groups is 2.